The Balaban J connectivity index is 1.36. The highest BCUT2D eigenvalue weighted by molar-refractivity contribution is 6.01. The highest BCUT2D eigenvalue weighted by atomic mass is 19.4. The van der Waals surface area contributed by atoms with Crippen molar-refractivity contribution in [2.75, 3.05) is 11.9 Å². The smallest absolute Gasteiger partial charge is 0.456 e. The first-order chi connectivity index (χ1) is 18.4. The molecule has 0 saturated heterocycles. The molecule has 4 rings (SSSR count). The van der Waals surface area contributed by atoms with Crippen LogP contribution in [0.15, 0.2) is 79.0 Å². The molecule has 0 radical (unpaired) electrons. The number of carboxylic acids is 1. The zero-order chi connectivity index (χ0) is 28.2. The molecule has 2 N–H and O–H groups in total. The molecule has 0 spiro atoms. The number of ether oxygens (including phenoxy) is 2. The first-order valence-corrected chi connectivity index (χ1v) is 11.3. The van der Waals surface area contributed by atoms with Crippen LogP contribution in [0.1, 0.15) is 15.9 Å². The van der Waals surface area contributed by atoms with Crippen molar-refractivity contribution >= 4 is 28.3 Å². The van der Waals surface area contributed by atoms with Crippen LogP contribution in [0.4, 0.5) is 27.6 Å². The van der Waals surface area contributed by atoms with Gasteiger partial charge in [0, 0.05) is 12.3 Å². The molecule has 0 aliphatic carbocycles. The summed E-state index contributed by atoms with van der Waals surface area (Å²) in [7, 11) is 0. The number of para-hydroxylation sites is 1. The number of nitrogens with zero attached hydrogens (tertiary/aromatic N) is 1. The molecule has 1 aromatic heterocycles. The van der Waals surface area contributed by atoms with Gasteiger partial charge in [-0.15, -0.1) is 0 Å². The van der Waals surface area contributed by atoms with Crippen molar-refractivity contribution in [3.63, 3.8) is 0 Å². The molecule has 0 atom stereocenters. The van der Waals surface area contributed by atoms with Crippen molar-refractivity contribution in [1.82, 2.24) is 4.98 Å². The summed E-state index contributed by atoms with van der Waals surface area (Å²) >= 11 is 0. The zero-order valence-electron chi connectivity index (χ0n) is 19.8. The number of benzene rings is 3. The Morgan fingerprint density at radius 1 is 0.872 bits per heavy atom. The molecule has 1 heterocycles. The Labute approximate surface area is 217 Å². The first-order valence-electron chi connectivity index (χ1n) is 11.3. The number of carboxylic acid groups (broad SMARTS) is 1. The summed E-state index contributed by atoms with van der Waals surface area (Å²) in [5.41, 5.74) is 0.696. The van der Waals surface area contributed by atoms with Crippen molar-refractivity contribution in [3.05, 3.63) is 90.1 Å². The van der Waals surface area contributed by atoms with E-state index in [0.29, 0.717) is 22.1 Å². The third-order valence-electron chi connectivity index (χ3n) is 5.43. The number of nitrogens with one attached hydrogen (secondary N) is 1. The zero-order valence-corrected chi connectivity index (χ0v) is 19.8. The molecule has 0 saturated carbocycles. The van der Waals surface area contributed by atoms with Crippen molar-refractivity contribution in [2.45, 2.75) is 18.5 Å². The van der Waals surface area contributed by atoms with Gasteiger partial charge < -0.3 is 19.9 Å². The number of hydrogen-bond acceptors (Lipinski definition) is 5. The normalized spacial score (nSPS) is 11.7. The topological polar surface area (TPSA) is 97.8 Å². The minimum atomic E-state index is -5.71. The predicted molar refractivity (Wildman–Crippen MR) is 130 cm³/mol. The molecule has 0 bridgehead atoms. The third-order valence-corrected chi connectivity index (χ3v) is 5.43. The van der Waals surface area contributed by atoms with Gasteiger partial charge in [-0.25, -0.2) is 9.78 Å². The average molecular weight is 546 g/mol. The molecule has 7 nitrogen and oxygen atoms in total. The molecule has 202 valence electrons. The minimum absolute atomic E-state index is 0.0325. The van der Waals surface area contributed by atoms with Crippen LogP contribution in [0, 0.1) is 0 Å². The van der Waals surface area contributed by atoms with Gasteiger partial charge in [-0.2, -0.15) is 22.0 Å². The number of amides is 1. The molecular formula is C27H19F5N2O5. The number of carbonyl (C=O) groups excluding carboxylic acids is 1. The van der Waals surface area contributed by atoms with Gasteiger partial charge in [-0.3, -0.25) is 4.79 Å². The molecule has 12 heteroatoms. The van der Waals surface area contributed by atoms with Crippen LogP contribution in [0.25, 0.3) is 10.8 Å². The molecule has 1 amide bonds. The number of pyridine rings is 1. The Bertz CT molecular complexity index is 1510. The molecule has 0 aliphatic rings. The number of alkyl halides is 5. The van der Waals surface area contributed by atoms with E-state index in [9.17, 15) is 36.6 Å². The number of hydrogen-bond donors (Lipinski definition) is 2. The number of anilines is 1. The lowest BCUT2D eigenvalue weighted by Crippen LogP contribution is -2.41. The van der Waals surface area contributed by atoms with Crippen LogP contribution in [0.3, 0.4) is 0 Å². The fourth-order valence-corrected chi connectivity index (χ4v) is 3.47. The van der Waals surface area contributed by atoms with Crippen molar-refractivity contribution < 1.29 is 46.1 Å². The quantitative estimate of drug-likeness (QED) is 0.233. The maximum Gasteiger partial charge on any atom is 0.456 e. The monoisotopic (exact) mass is 546 g/mol. The number of carbonyl (C=O) groups is 2. The number of aromatic carboxylic acids is 1. The average Bonchev–Trinajstić information content (AvgIpc) is 2.88. The Morgan fingerprint density at radius 2 is 1.54 bits per heavy atom. The SMILES string of the molecule is O=C(Cc1ccc(Oc2ccc3cc(OCC(F)(F)C(F)(F)F)ccc3c2)nc1)Nc1ccccc1C(=O)O. The Kier molecular flexibility index (Phi) is 7.65. The van der Waals surface area contributed by atoms with Crippen molar-refractivity contribution in [3.8, 4) is 17.4 Å². The van der Waals surface area contributed by atoms with Gasteiger partial charge in [0.1, 0.15) is 11.5 Å². The van der Waals surface area contributed by atoms with Crippen LogP contribution >= 0.6 is 0 Å². The van der Waals surface area contributed by atoms with E-state index in [2.05, 4.69) is 15.0 Å². The van der Waals surface area contributed by atoms with Gasteiger partial charge in [-0.1, -0.05) is 30.3 Å². The summed E-state index contributed by atoms with van der Waals surface area (Å²) < 4.78 is 73.5. The van der Waals surface area contributed by atoms with Gasteiger partial charge in [0.2, 0.25) is 11.8 Å². The predicted octanol–water partition coefficient (Wildman–Crippen LogP) is 6.48. The number of rotatable bonds is 9. The molecule has 39 heavy (non-hydrogen) atoms. The van der Waals surface area contributed by atoms with E-state index in [0.717, 1.165) is 0 Å². The van der Waals surface area contributed by atoms with E-state index in [-0.39, 0.29) is 29.3 Å². The van der Waals surface area contributed by atoms with E-state index in [1.165, 1.54) is 42.6 Å². The first kappa shape index (κ1) is 27.3. The van der Waals surface area contributed by atoms with Crippen LogP contribution in [-0.4, -0.2) is 40.7 Å². The van der Waals surface area contributed by atoms with E-state index in [1.54, 1.807) is 36.4 Å². The minimum Gasteiger partial charge on any atom is -0.487 e. The second kappa shape index (κ2) is 10.9. The van der Waals surface area contributed by atoms with Crippen LogP contribution in [0.2, 0.25) is 0 Å². The fraction of sp³-hybridized carbons (Fsp3) is 0.148. The standard InChI is InChI=1S/C27H19F5N2O5/c28-26(29,27(30,31)32)15-38-19-8-6-18-13-20(9-7-17(18)12-19)39-24-10-5-16(14-33-24)11-23(35)34-22-4-2-1-3-21(22)25(36)37/h1-10,12-14H,11,15H2,(H,34,35)(H,36,37). The van der Waals surface area contributed by atoms with E-state index >= 15 is 0 Å². The molecular weight excluding hydrogens is 527 g/mol. The van der Waals surface area contributed by atoms with Crippen molar-refractivity contribution in [1.29, 1.82) is 0 Å². The third kappa shape index (κ3) is 6.78. The highest BCUT2D eigenvalue weighted by Gasteiger charge is 2.58. The highest BCUT2D eigenvalue weighted by Crippen LogP contribution is 2.36. The number of halogens is 5. The van der Waals surface area contributed by atoms with Gasteiger partial charge in [0.25, 0.3) is 0 Å². The Hall–Kier alpha value is -4.74. The van der Waals surface area contributed by atoms with Gasteiger partial charge in [0.15, 0.2) is 6.61 Å². The summed E-state index contributed by atoms with van der Waals surface area (Å²) in [6.07, 6.45) is -4.33. The lowest BCUT2D eigenvalue weighted by Gasteiger charge is -2.19. The largest absolute Gasteiger partial charge is 0.487 e. The van der Waals surface area contributed by atoms with Crippen LogP contribution in [-0.2, 0) is 11.2 Å². The summed E-state index contributed by atoms with van der Waals surface area (Å²) in [5.74, 6) is -6.13. The lowest BCUT2D eigenvalue weighted by molar-refractivity contribution is -0.290. The van der Waals surface area contributed by atoms with Crippen molar-refractivity contribution in [2.24, 2.45) is 0 Å². The second-order valence-electron chi connectivity index (χ2n) is 8.34. The van der Waals surface area contributed by atoms with Gasteiger partial charge in [0.05, 0.1) is 17.7 Å². The van der Waals surface area contributed by atoms with E-state index < -0.39 is 30.6 Å². The number of aromatic nitrogens is 1. The summed E-state index contributed by atoms with van der Waals surface area (Å²) in [4.78, 5) is 27.8. The van der Waals surface area contributed by atoms with Crippen LogP contribution < -0.4 is 14.8 Å². The maximum atomic E-state index is 13.1. The molecule has 0 aliphatic heterocycles. The summed E-state index contributed by atoms with van der Waals surface area (Å²) in [6, 6.07) is 18.0. The van der Waals surface area contributed by atoms with E-state index in [4.69, 9.17) is 4.74 Å². The summed E-state index contributed by atoms with van der Waals surface area (Å²) in [6.45, 7) is -1.83. The maximum absolute atomic E-state index is 13.1. The Morgan fingerprint density at radius 3 is 2.18 bits per heavy atom. The lowest BCUT2D eigenvalue weighted by atomic mass is 10.1. The molecule has 4 aromatic rings. The number of fused-ring (bicyclic) bond motifs is 1. The van der Waals surface area contributed by atoms with Crippen LogP contribution in [0.5, 0.6) is 17.4 Å². The molecule has 3 aromatic carbocycles. The van der Waals surface area contributed by atoms with E-state index in [1.807, 2.05) is 0 Å². The second-order valence-corrected chi connectivity index (χ2v) is 8.34. The summed E-state index contributed by atoms with van der Waals surface area (Å²) in [5, 5.41) is 12.9. The molecule has 0 fully saturated rings. The fourth-order valence-electron chi connectivity index (χ4n) is 3.47. The molecule has 0 unspecified atom stereocenters. The van der Waals surface area contributed by atoms with Gasteiger partial charge in [-0.05, 0) is 52.7 Å². The van der Waals surface area contributed by atoms with Gasteiger partial charge >= 0.3 is 18.1 Å².